The number of fused-ring (bicyclic) bond motifs is 1. The second kappa shape index (κ2) is 4.46. The Balaban J connectivity index is 2.28. The lowest BCUT2D eigenvalue weighted by atomic mass is 10.0. The van der Waals surface area contributed by atoms with Crippen molar-refractivity contribution in [2.75, 3.05) is 6.61 Å². The molecule has 0 fully saturated rings. The quantitative estimate of drug-likeness (QED) is 0.717. The van der Waals surface area contributed by atoms with Crippen molar-refractivity contribution >= 4 is 5.70 Å². The Morgan fingerprint density at radius 1 is 1.41 bits per heavy atom. The minimum absolute atomic E-state index is 0.204. The SMILES string of the molecule is CC(C)CCc1nnn2c1[C@H](O)C(O)=C2CO. The first-order valence-electron chi connectivity index (χ1n) is 5.72. The average molecular weight is 239 g/mol. The van der Waals surface area contributed by atoms with Gasteiger partial charge < -0.3 is 15.3 Å². The van der Waals surface area contributed by atoms with Crippen molar-refractivity contribution in [1.29, 1.82) is 0 Å². The van der Waals surface area contributed by atoms with Crippen LogP contribution in [0.1, 0.15) is 37.8 Å². The van der Waals surface area contributed by atoms with Crippen LogP contribution < -0.4 is 0 Å². The predicted octanol–water partition coefficient (Wildman–Crippen LogP) is 0.633. The lowest BCUT2D eigenvalue weighted by Crippen LogP contribution is -2.03. The Morgan fingerprint density at radius 2 is 2.12 bits per heavy atom. The number of aliphatic hydroxyl groups is 3. The molecule has 94 valence electrons. The van der Waals surface area contributed by atoms with E-state index in [4.69, 9.17) is 5.11 Å². The highest BCUT2D eigenvalue weighted by Gasteiger charge is 2.34. The van der Waals surface area contributed by atoms with E-state index >= 15 is 0 Å². The molecule has 1 aliphatic rings. The van der Waals surface area contributed by atoms with E-state index in [0.29, 0.717) is 23.7 Å². The van der Waals surface area contributed by atoms with Gasteiger partial charge in [-0.2, -0.15) is 0 Å². The van der Waals surface area contributed by atoms with Crippen LogP contribution >= 0.6 is 0 Å². The zero-order valence-electron chi connectivity index (χ0n) is 9.96. The van der Waals surface area contributed by atoms with Crippen molar-refractivity contribution in [3.63, 3.8) is 0 Å². The van der Waals surface area contributed by atoms with Gasteiger partial charge in [0.05, 0.1) is 12.3 Å². The molecule has 17 heavy (non-hydrogen) atoms. The van der Waals surface area contributed by atoms with Crippen LogP contribution in [0.2, 0.25) is 0 Å². The van der Waals surface area contributed by atoms with Crippen LogP contribution in [-0.4, -0.2) is 36.9 Å². The highest BCUT2D eigenvalue weighted by molar-refractivity contribution is 5.56. The van der Waals surface area contributed by atoms with E-state index in [1.807, 2.05) is 0 Å². The molecule has 1 atom stereocenters. The van der Waals surface area contributed by atoms with Crippen LogP contribution in [0.3, 0.4) is 0 Å². The Bertz CT molecular complexity index is 451. The van der Waals surface area contributed by atoms with E-state index in [1.165, 1.54) is 4.68 Å². The molecule has 0 saturated carbocycles. The van der Waals surface area contributed by atoms with Gasteiger partial charge in [-0.25, -0.2) is 4.68 Å². The second-order valence-corrected chi connectivity index (χ2v) is 4.66. The van der Waals surface area contributed by atoms with Crippen molar-refractivity contribution in [3.05, 3.63) is 17.1 Å². The first-order valence-corrected chi connectivity index (χ1v) is 5.72. The Morgan fingerprint density at radius 3 is 2.71 bits per heavy atom. The van der Waals surface area contributed by atoms with Crippen LogP contribution in [0.25, 0.3) is 5.70 Å². The predicted molar refractivity (Wildman–Crippen MR) is 61.1 cm³/mol. The molecule has 0 amide bonds. The topological polar surface area (TPSA) is 91.4 Å². The Kier molecular flexibility index (Phi) is 3.17. The zero-order valence-corrected chi connectivity index (χ0v) is 9.96. The van der Waals surface area contributed by atoms with Crippen LogP contribution in [0.15, 0.2) is 5.76 Å². The molecule has 1 aromatic heterocycles. The number of rotatable bonds is 4. The van der Waals surface area contributed by atoms with Gasteiger partial charge in [0, 0.05) is 0 Å². The Hall–Kier alpha value is -1.40. The molecule has 0 unspecified atom stereocenters. The van der Waals surface area contributed by atoms with Crippen molar-refractivity contribution in [2.45, 2.75) is 32.8 Å². The summed E-state index contributed by atoms with van der Waals surface area (Å²) in [5, 5.41) is 36.5. The van der Waals surface area contributed by atoms with Crippen molar-refractivity contribution < 1.29 is 15.3 Å². The molecule has 0 saturated heterocycles. The summed E-state index contributed by atoms with van der Waals surface area (Å²) in [5.74, 6) is 0.299. The summed E-state index contributed by atoms with van der Waals surface area (Å²) in [6.07, 6.45) is 0.526. The fourth-order valence-corrected chi connectivity index (χ4v) is 1.94. The van der Waals surface area contributed by atoms with E-state index < -0.39 is 6.10 Å². The van der Waals surface area contributed by atoms with E-state index in [9.17, 15) is 10.2 Å². The number of hydrogen-bond acceptors (Lipinski definition) is 5. The summed E-state index contributed by atoms with van der Waals surface area (Å²) >= 11 is 0. The maximum absolute atomic E-state index is 9.87. The van der Waals surface area contributed by atoms with Gasteiger partial charge in [0.25, 0.3) is 0 Å². The molecule has 0 aromatic carbocycles. The normalized spacial score (nSPS) is 19.2. The monoisotopic (exact) mass is 239 g/mol. The smallest absolute Gasteiger partial charge is 0.156 e. The van der Waals surface area contributed by atoms with Gasteiger partial charge in [-0.3, -0.25) is 0 Å². The maximum atomic E-state index is 9.87. The molecule has 0 bridgehead atoms. The van der Waals surface area contributed by atoms with Crippen LogP contribution in [0, 0.1) is 5.92 Å². The van der Waals surface area contributed by atoms with Gasteiger partial charge in [-0.15, -0.1) is 5.10 Å². The molecular formula is C11H17N3O3. The third-order valence-electron chi connectivity index (χ3n) is 2.96. The number of aliphatic hydroxyl groups excluding tert-OH is 3. The van der Waals surface area contributed by atoms with Gasteiger partial charge in [0.2, 0.25) is 0 Å². The fraction of sp³-hybridized carbons (Fsp3) is 0.636. The molecule has 1 aromatic rings. The van der Waals surface area contributed by atoms with E-state index in [-0.39, 0.29) is 18.1 Å². The highest BCUT2D eigenvalue weighted by atomic mass is 16.3. The number of aromatic nitrogens is 3. The third kappa shape index (κ3) is 1.94. The summed E-state index contributed by atoms with van der Waals surface area (Å²) in [5.41, 5.74) is 1.36. The average Bonchev–Trinajstić information content (AvgIpc) is 2.78. The number of nitrogens with zero attached hydrogens (tertiary/aromatic N) is 3. The number of hydrogen-bond donors (Lipinski definition) is 3. The number of aryl methyl sites for hydroxylation is 1. The molecule has 6 nitrogen and oxygen atoms in total. The molecule has 3 N–H and O–H groups in total. The summed E-state index contributed by atoms with van der Waals surface area (Å²) in [6, 6.07) is 0. The first kappa shape index (κ1) is 12.1. The standard InChI is InChI=1S/C11H17N3O3/c1-6(2)3-4-7-9-11(17)10(16)8(5-15)14(9)13-12-7/h6,11,15-17H,3-5H2,1-2H3/t11-/m0/s1. The molecule has 1 aliphatic heterocycles. The van der Waals surface area contributed by atoms with E-state index in [0.717, 1.165) is 6.42 Å². The lowest BCUT2D eigenvalue weighted by molar-refractivity contribution is 0.157. The van der Waals surface area contributed by atoms with E-state index in [1.54, 1.807) is 0 Å². The van der Waals surface area contributed by atoms with Gasteiger partial charge in [0.1, 0.15) is 11.4 Å². The van der Waals surface area contributed by atoms with Crippen molar-refractivity contribution in [1.82, 2.24) is 15.0 Å². The van der Waals surface area contributed by atoms with Crippen molar-refractivity contribution in [2.24, 2.45) is 5.92 Å². The van der Waals surface area contributed by atoms with Crippen molar-refractivity contribution in [3.8, 4) is 0 Å². The lowest BCUT2D eigenvalue weighted by Gasteiger charge is -2.06. The van der Waals surface area contributed by atoms with Crippen LogP contribution in [0.5, 0.6) is 0 Å². The second-order valence-electron chi connectivity index (χ2n) is 4.66. The van der Waals surface area contributed by atoms with Crippen LogP contribution in [0.4, 0.5) is 0 Å². The molecule has 0 aliphatic carbocycles. The first-order chi connectivity index (χ1) is 8.06. The minimum Gasteiger partial charge on any atom is -0.507 e. The fourth-order valence-electron chi connectivity index (χ4n) is 1.94. The molecule has 2 heterocycles. The largest absolute Gasteiger partial charge is 0.507 e. The summed E-state index contributed by atoms with van der Waals surface area (Å²) in [6.45, 7) is 3.84. The minimum atomic E-state index is -1.12. The van der Waals surface area contributed by atoms with Crippen LogP contribution in [-0.2, 0) is 6.42 Å². The summed E-state index contributed by atoms with van der Waals surface area (Å²) in [7, 11) is 0. The summed E-state index contributed by atoms with van der Waals surface area (Å²) < 4.78 is 1.33. The van der Waals surface area contributed by atoms with Gasteiger partial charge in [-0.1, -0.05) is 19.1 Å². The molecular weight excluding hydrogens is 222 g/mol. The maximum Gasteiger partial charge on any atom is 0.156 e. The van der Waals surface area contributed by atoms with Gasteiger partial charge in [-0.05, 0) is 18.8 Å². The summed E-state index contributed by atoms with van der Waals surface area (Å²) in [4.78, 5) is 0. The molecule has 0 spiro atoms. The van der Waals surface area contributed by atoms with Gasteiger partial charge >= 0.3 is 0 Å². The van der Waals surface area contributed by atoms with E-state index in [2.05, 4.69) is 24.2 Å². The zero-order chi connectivity index (χ0) is 12.6. The van der Waals surface area contributed by atoms with Gasteiger partial charge in [0.15, 0.2) is 11.9 Å². The Labute approximate surface area is 99.2 Å². The third-order valence-corrected chi connectivity index (χ3v) is 2.96. The molecule has 2 rings (SSSR count). The molecule has 0 radical (unpaired) electrons. The molecule has 6 heteroatoms. The highest BCUT2D eigenvalue weighted by Crippen LogP contribution is 2.34.